The van der Waals surface area contributed by atoms with Crippen LogP contribution in [-0.2, 0) is 5.41 Å². The van der Waals surface area contributed by atoms with Crippen molar-refractivity contribution in [2.75, 3.05) is 31.9 Å². The Bertz CT molecular complexity index is 1320. The summed E-state index contributed by atoms with van der Waals surface area (Å²) in [5.41, 5.74) is 11.6. The van der Waals surface area contributed by atoms with Crippen LogP contribution in [0.4, 0.5) is 16.6 Å². The van der Waals surface area contributed by atoms with Gasteiger partial charge in [-0.05, 0) is 31.8 Å². The largest absolute Gasteiger partial charge is 0.495 e. The molecule has 0 saturated heterocycles. The van der Waals surface area contributed by atoms with E-state index in [0.29, 0.717) is 41.1 Å². The number of aromatic nitrogens is 4. The maximum atomic E-state index is 11.8. The van der Waals surface area contributed by atoms with Gasteiger partial charge in [-0.2, -0.15) is 5.10 Å². The van der Waals surface area contributed by atoms with E-state index in [0.717, 1.165) is 94.4 Å². The van der Waals surface area contributed by atoms with Gasteiger partial charge in [0.15, 0.2) is 23.3 Å². The monoisotopic (exact) mass is 641 g/mol. The summed E-state index contributed by atoms with van der Waals surface area (Å²) in [5, 5.41) is 45.5. The van der Waals surface area contributed by atoms with E-state index in [1.54, 1.807) is 10.2 Å². The van der Waals surface area contributed by atoms with Crippen LogP contribution in [0.1, 0.15) is 118 Å². The molecular formula is C33H55N9O2S. The lowest BCUT2D eigenvalue weighted by molar-refractivity contribution is 0.186. The van der Waals surface area contributed by atoms with Crippen molar-refractivity contribution in [2.45, 2.75) is 118 Å². The van der Waals surface area contributed by atoms with E-state index in [-0.39, 0.29) is 11.3 Å². The Balaban J connectivity index is 2.21. The summed E-state index contributed by atoms with van der Waals surface area (Å²) >= 11 is 1.29. The van der Waals surface area contributed by atoms with Gasteiger partial charge >= 0.3 is 0 Å². The van der Waals surface area contributed by atoms with Crippen molar-refractivity contribution in [3.8, 4) is 0 Å². The molecule has 0 aromatic carbocycles. The molecule has 0 saturated carbocycles. The van der Waals surface area contributed by atoms with Crippen LogP contribution in [0.15, 0.2) is 44.7 Å². The predicted molar refractivity (Wildman–Crippen MR) is 185 cm³/mol. The molecule has 1 aliphatic carbocycles. The minimum atomic E-state index is -0.375. The molecule has 0 spiro atoms. The first kappa shape index (κ1) is 36.1. The molecule has 12 heteroatoms. The number of anilines is 1. The zero-order chi connectivity index (χ0) is 33.0. The van der Waals surface area contributed by atoms with Gasteiger partial charge in [0, 0.05) is 61.3 Å². The first-order valence-corrected chi connectivity index (χ1v) is 17.5. The molecule has 1 aliphatic rings. The molecule has 11 nitrogen and oxygen atoms in total. The molecule has 2 aromatic rings. The number of rotatable bonds is 17. The second kappa shape index (κ2) is 17.3. The van der Waals surface area contributed by atoms with Crippen LogP contribution in [0.25, 0.3) is 5.70 Å². The van der Waals surface area contributed by atoms with Crippen molar-refractivity contribution < 1.29 is 10.2 Å². The Labute approximate surface area is 273 Å². The Morgan fingerprint density at radius 2 is 1.44 bits per heavy atom. The van der Waals surface area contributed by atoms with Crippen LogP contribution in [0.2, 0.25) is 0 Å². The van der Waals surface area contributed by atoms with Crippen molar-refractivity contribution in [3.63, 3.8) is 0 Å². The van der Waals surface area contributed by atoms with Crippen molar-refractivity contribution in [1.29, 1.82) is 0 Å². The average molecular weight is 642 g/mol. The SMILES string of the molecule is CCCCN(CCCC)/C(O)=C1/CC(n2nc(C(C)(C)C)c(N=Nc3nncs3)c2N)=C/C(=C(/O)N(CCCC)CCCC)C1. The molecule has 0 radical (unpaired) electrons. The number of hydrogen-bond donors (Lipinski definition) is 3. The summed E-state index contributed by atoms with van der Waals surface area (Å²) in [6, 6.07) is 0. The first-order chi connectivity index (χ1) is 21.5. The van der Waals surface area contributed by atoms with Gasteiger partial charge in [0.05, 0.1) is 5.69 Å². The zero-order valence-corrected chi connectivity index (χ0v) is 29.3. The predicted octanol–water partition coefficient (Wildman–Crippen LogP) is 9.01. The quantitative estimate of drug-likeness (QED) is 0.115. The molecular weight excluding hydrogens is 586 g/mol. The highest BCUT2D eigenvalue weighted by Crippen LogP contribution is 2.41. The van der Waals surface area contributed by atoms with Gasteiger partial charge in [-0.15, -0.1) is 20.4 Å². The standard InChI is InChI=1S/C33H55N9O2S/c1-8-12-16-40(17-13-9-2)30(43)24-20-25(31(44)41(18-14-10-3)19-15-11-4)22-26(21-24)42-29(34)27(28(39-42)33(5,6)7)36-38-32-37-35-23-45-32/h21,23,43-44H,8-20,22,34H2,1-7H3/b30-24+,31-25-,38-36?. The summed E-state index contributed by atoms with van der Waals surface area (Å²) in [6.45, 7) is 17.9. The highest BCUT2D eigenvalue weighted by atomic mass is 32.1. The number of nitrogen functional groups attached to an aromatic ring is 1. The van der Waals surface area contributed by atoms with Crippen molar-refractivity contribution in [3.05, 3.63) is 40.2 Å². The second-order valence-electron chi connectivity index (χ2n) is 12.8. The van der Waals surface area contributed by atoms with E-state index in [1.165, 1.54) is 11.3 Å². The van der Waals surface area contributed by atoms with Gasteiger partial charge in [0.25, 0.3) is 5.13 Å². The van der Waals surface area contributed by atoms with Gasteiger partial charge < -0.3 is 25.7 Å². The van der Waals surface area contributed by atoms with E-state index in [9.17, 15) is 10.2 Å². The maximum absolute atomic E-state index is 11.8. The molecule has 250 valence electrons. The lowest BCUT2D eigenvalue weighted by Crippen LogP contribution is -2.29. The van der Waals surface area contributed by atoms with Crippen molar-refractivity contribution >= 4 is 33.7 Å². The number of aliphatic hydroxyl groups excluding tert-OH is 2. The molecule has 0 atom stereocenters. The molecule has 2 heterocycles. The van der Waals surface area contributed by atoms with E-state index < -0.39 is 0 Å². The van der Waals surface area contributed by atoms with E-state index in [2.05, 4.69) is 78.7 Å². The third kappa shape index (κ3) is 9.79. The van der Waals surface area contributed by atoms with Crippen LogP contribution in [0, 0.1) is 0 Å². The lowest BCUT2D eigenvalue weighted by atomic mass is 9.91. The summed E-state index contributed by atoms with van der Waals surface area (Å²) in [5.74, 6) is 0.895. The number of nitrogens with two attached hydrogens (primary N) is 1. The maximum Gasteiger partial charge on any atom is 0.251 e. The smallest absolute Gasteiger partial charge is 0.251 e. The normalized spacial score (nSPS) is 16.3. The number of hydrogen-bond acceptors (Lipinski definition) is 11. The first-order valence-electron chi connectivity index (χ1n) is 16.7. The van der Waals surface area contributed by atoms with Gasteiger partial charge in [-0.1, -0.05) is 85.5 Å². The van der Waals surface area contributed by atoms with Gasteiger partial charge in [-0.25, -0.2) is 4.68 Å². The van der Waals surface area contributed by atoms with Gasteiger partial charge in [0.2, 0.25) is 0 Å². The molecule has 4 N–H and O–H groups in total. The Morgan fingerprint density at radius 3 is 1.93 bits per heavy atom. The summed E-state index contributed by atoms with van der Waals surface area (Å²) in [7, 11) is 0. The van der Waals surface area contributed by atoms with Gasteiger partial charge in [0.1, 0.15) is 5.51 Å². The Hall–Kier alpha value is -3.41. The van der Waals surface area contributed by atoms with Gasteiger partial charge in [-0.3, -0.25) is 0 Å². The topological polar surface area (TPSA) is 141 Å². The molecule has 0 unspecified atom stereocenters. The fourth-order valence-electron chi connectivity index (χ4n) is 5.27. The zero-order valence-electron chi connectivity index (χ0n) is 28.5. The van der Waals surface area contributed by atoms with Crippen molar-refractivity contribution in [1.82, 2.24) is 29.8 Å². The number of azo groups is 1. The summed E-state index contributed by atoms with van der Waals surface area (Å²) in [4.78, 5) is 4.18. The molecule has 3 rings (SSSR count). The minimum absolute atomic E-state index is 0.256. The fourth-order valence-corrected chi connectivity index (χ4v) is 5.64. The van der Waals surface area contributed by atoms with Crippen LogP contribution >= 0.6 is 11.3 Å². The number of unbranched alkanes of at least 4 members (excludes halogenated alkanes) is 4. The highest BCUT2D eigenvalue weighted by molar-refractivity contribution is 7.13. The van der Waals surface area contributed by atoms with Crippen LogP contribution in [-0.4, -0.2) is 66.2 Å². The summed E-state index contributed by atoms with van der Waals surface area (Å²) in [6.07, 6.45) is 11.0. The van der Waals surface area contributed by atoms with E-state index in [1.807, 2.05) is 6.08 Å². The molecule has 0 amide bonds. The molecule has 0 fully saturated rings. The summed E-state index contributed by atoms with van der Waals surface area (Å²) < 4.78 is 1.71. The minimum Gasteiger partial charge on any atom is -0.495 e. The molecule has 0 aliphatic heterocycles. The fraction of sp³-hybridized carbons (Fsp3) is 0.667. The molecule has 45 heavy (non-hydrogen) atoms. The van der Waals surface area contributed by atoms with E-state index >= 15 is 0 Å². The van der Waals surface area contributed by atoms with Crippen LogP contribution < -0.4 is 5.73 Å². The molecule has 0 bridgehead atoms. The lowest BCUT2D eigenvalue weighted by Gasteiger charge is -2.30. The Morgan fingerprint density at radius 1 is 0.889 bits per heavy atom. The van der Waals surface area contributed by atoms with Crippen molar-refractivity contribution in [2.24, 2.45) is 10.2 Å². The second-order valence-corrected chi connectivity index (χ2v) is 13.6. The molecule has 2 aromatic heterocycles. The number of allylic oxidation sites excluding steroid dienone is 4. The van der Waals surface area contributed by atoms with E-state index in [4.69, 9.17) is 10.8 Å². The highest BCUT2D eigenvalue weighted by Gasteiger charge is 2.30. The Kier molecular flexibility index (Phi) is 13.9. The van der Waals surface area contributed by atoms with Crippen LogP contribution in [0.3, 0.4) is 0 Å². The number of nitrogens with zero attached hydrogens (tertiary/aromatic N) is 8. The number of aliphatic hydroxyl groups is 2. The average Bonchev–Trinajstić information content (AvgIpc) is 3.67. The third-order valence-electron chi connectivity index (χ3n) is 7.93. The van der Waals surface area contributed by atoms with Crippen LogP contribution in [0.5, 0.6) is 0 Å². The third-order valence-corrected chi connectivity index (χ3v) is 8.50.